The molecule has 0 atom stereocenters. The molecule has 2 aromatic rings. The molecule has 0 bridgehead atoms. The van der Waals surface area contributed by atoms with Crippen molar-refractivity contribution in [3.8, 4) is 0 Å². The molecule has 0 unspecified atom stereocenters. The average molecular weight is 343 g/mol. The van der Waals surface area contributed by atoms with Crippen LogP contribution >= 0.6 is 27.3 Å². The van der Waals surface area contributed by atoms with Crippen LogP contribution in [0.1, 0.15) is 35.8 Å². The summed E-state index contributed by atoms with van der Waals surface area (Å²) < 4.78 is 2.83. The fourth-order valence-electron chi connectivity index (χ4n) is 1.70. The molecule has 0 aliphatic rings. The van der Waals surface area contributed by atoms with Gasteiger partial charge in [-0.1, -0.05) is 25.2 Å². The molecule has 19 heavy (non-hydrogen) atoms. The lowest BCUT2D eigenvalue weighted by Crippen LogP contribution is -2.16. The Morgan fingerprint density at radius 1 is 1.47 bits per heavy atom. The number of hydrogen-bond acceptors (Lipinski definition) is 4. The molecule has 0 spiro atoms. The van der Waals surface area contributed by atoms with Gasteiger partial charge in [0.25, 0.3) is 5.91 Å². The number of amides is 1. The second-order valence-electron chi connectivity index (χ2n) is 4.05. The number of aromatic nitrogens is 3. The van der Waals surface area contributed by atoms with E-state index >= 15 is 0 Å². The van der Waals surface area contributed by atoms with E-state index in [0.29, 0.717) is 10.8 Å². The SMILES string of the molecule is CCCn1cc(Br)cc1C(=O)Nc1nnc(CC)s1. The molecule has 0 fully saturated rings. The van der Waals surface area contributed by atoms with E-state index in [1.807, 2.05) is 23.8 Å². The predicted octanol–water partition coefficient (Wildman–Crippen LogP) is 3.33. The van der Waals surface area contributed by atoms with Crippen molar-refractivity contribution in [2.24, 2.45) is 0 Å². The Labute approximate surface area is 124 Å². The van der Waals surface area contributed by atoms with Gasteiger partial charge in [-0.15, -0.1) is 10.2 Å². The Morgan fingerprint density at radius 2 is 2.26 bits per heavy atom. The summed E-state index contributed by atoms with van der Waals surface area (Å²) in [5.41, 5.74) is 0.627. The van der Waals surface area contributed by atoms with Gasteiger partial charge in [0.05, 0.1) is 0 Å². The van der Waals surface area contributed by atoms with Crippen molar-refractivity contribution < 1.29 is 4.79 Å². The van der Waals surface area contributed by atoms with Gasteiger partial charge < -0.3 is 4.57 Å². The molecule has 0 aliphatic heterocycles. The number of nitrogens with one attached hydrogen (secondary N) is 1. The Hall–Kier alpha value is -1.21. The highest BCUT2D eigenvalue weighted by Gasteiger charge is 2.14. The normalized spacial score (nSPS) is 10.7. The Balaban J connectivity index is 2.15. The zero-order valence-electron chi connectivity index (χ0n) is 10.8. The van der Waals surface area contributed by atoms with Gasteiger partial charge in [-0.3, -0.25) is 10.1 Å². The molecule has 2 rings (SSSR count). The van der Waals surface area contributed by atoms with Crippen molar-refractivity contribution in [3.05, 3.63) is 27.4 Å². The standard InChI is InChI=1S/C12H15BrN4OS/c1-3-5-17-7-8(13)6-9(17)11(18)14-12-16-15-10(4-2)19-12/h6-7H,3-5H2,1-2H3,(H,14,16,18). The number of aryl methyl sites for hydroxylation is 2. The van der Waals surface area contributed by atoms with E-state index in [2.05, 4.69) is 38.4 Å². The van der Waals surface area contributed by atoms with Gasteiger partial charge in [0, 0.05) is 17.2 Å². The van der Waals surface area contributed by atoms with E-state index in [-0.39, 0.29) is 5.91 Å². The average Bonchev–Trinajstić information content (AvgIpc) is 2.96. The zero-order valence-corrected chi connectivity index (χ0v) is 13.2. The highest BCUT2D eigenvalue weighted by atomic mass is 79.9. The summed E-state index contributed by atoms with van der Waals surface area (Å²) >= 11 is 4.80. The summed E-state index contributed by atoms with van der Waals surface area (Å²) in [6.07, 6.45) is 3.71. The number of carbonyl (C=O) groups is 1. The largest absolute Gasteiger partial charge is 0.342 e. The molecule has 2 aromatic heterocycles. The first-order valence-electron chi connectivity index (χ1n) is 6.13. The van der Waals surface area contributed by atoms with Crippen molar-refractivity contribution in [3.63, 3.8) is 0 Å². The number of rotatable bonds is 5. The Bertz CT molecular complexity index is 578. The molecule has 0 saturated carbocycles. The number of nitrogens with zero attached hydrogens (tertiary/aromatic N) is 3. The maximum absolute atomic E-state index is 12.2. The summed E-state index contributed by atoms with van der Waals surface area (Å²) in [7, 11) is 0. The molecule has 0 aromatic carbocycles. The molecule has 102 valence electrons. The highest BCUT2D eigenvalue weighted by Crippen LogP contribution is 2.19. The molecule has 0 saturated heterocycles. The van der Waals surface area contributed by atoms with Crippen LogP contribution in [0.2, 0.25) is 0 Å². The van der Waals surface area contributed by atoms with Gasteiger partial charge in [0.1, 0.15) is 10.7 Å². The molecule has 1 amide bonds. The number of carbonyl (C=O) groups excluding carboxylic acids is 1. The molecule has 2 heterocycles. The van der Waals surface area contributed by atoms with Crippen LogP contribution in [0.5, 0.6) is 0 Å². The van der Waals surface area contributed by atoms with Gasteiger partial charge >= 0.3 is 0 Å². The fourth-order valence-corrected chi connectivity index (χ4v) is 2.84. The first-order chi connectivity index (χ1) is 9.13. The van der Waals surface area contributed by atoms with Crippen LogP contribution in [0.25, 0.3) is 0 Å². The van der Waals surface area contributed by atoms with E-state index in [0.717, 1.165) is 28.9 Å². The zero-order chi connectivity index (χ0) is 13.8. The lowest BCUT2D eigenvalue weighted by atomic mass is 10.4. The van der Waals surface area contributed by atoms with Gasteiger partial charge in [0.2, 0.25) is 5.13 Å². The smallest absolute Gasteiger partial charge is 0.274 e. The van der Waals surface area contributed by atoms with Crippen molar-refractivity contribution in [1.29, 1.82) is 0 Å². The monoisotopic (exact) mass is 342 g/mol. The van der Waals surface area contributed by atoms with E-state index in [1.165, 1.54) is 11.3 Å². The van der Waals surface area contributed by atoms with E-state index < -0.39 is 0 Å². The van der Waals surface area contributed by atoms with Crippen molar-refractivity contribution in [1.82, 2.24) is 14.8 Å². The highest BCUT2D eigenvalue weighted by molar-refractivity contribution is 9.10. The van der Waals surface area contributed by atoms with Gasteiger partial charge in [-0.05, 0) is 34.8 Å². The Morgan fingerprint density at radius 3 is 2.89 bits per heavy atom. The number of halogens is 1. The molecule has 0 radical (unpaired) electrons. The summed E-state index contributed by atoms with van der Waals surface area (Å²) in [5.74, 6) is -0.155. The van der Waals surface area contributed by atoms with E-state index in [9.17, 15) is 4.79 Å². The van der Waals surface area contributed by atoms with E-state index in [4.69, 9.17) is 0 Å². The van der Waals surface area contributed by atoms with Crippen LogP contribution < -0.4 is 5.32 Å². The number of hydrogen-bond donors (Lipinski definition) is 1. The summed E-state index contributed by atoms with van der Waals surface area (Å²) in [5, 5.41) is 12.2. The quantitative estimate of drug-likeness (QED) is 0.906. The summed E-state index contributed by atoms with van der Waals surface area (Å²) in [6, 6.07) is 1.81. The molecular formula is C12H15BrN4OS. The molecule has 0 aliphatic carbocycles. The number of anilines is 1. The minimum atomic E-state index is -0.155. The van der Waals surface area contributed by atoms with Gasteiger partial charge in [-0.25, -0.2) is 0 Å². The van der Waals surface area contributed by atoms with Crippen LogP contribution in [-0.2, 0) is 13.0 Å². The minimum Gasteiger partial charge on any atom is -0.342 e. The maximum atomic E-state index is 12.2. The fraction of sp³-hybridized carbons (Fsp3) is 0.417. The molecule has 7 heteroatoms. The van der Waals surface area contributed by atoms with Crippen molar-refractivity contribution >= 4 is 38.3 Å². The third-order valence-corrected chi connectivity index (χ3v) is 3.97. The Kier molecular flexibility index (Phi) is 4.71. The lowest BCUT2D eigenvalue weighted by molar-refractivity contribution is 0.101. The minimum absolute atomic E-state index is 0.155. The summed E-state index contributed by atoms with van der Waals surface area (Å²) in [6.45, 7) is 4.90. The molecule has 5 nitrogen and oxygen atoms in total. The van der Waals surface area contributed by atoms with Crippen LogP contribution in [0.15, 0.2) is 16.7 Å². The van der Waals surface area contributed by atoms with Crippen LogP contribution in [0, 0.1) is 0 Å². The maximum Gasteiger partial charge on any atom is 0.274 e. The molecule has 1 N–H and O–H groups in total. The van der Waals surface area contributed by atoms with Crippen LogP contribution in [0.3, 0.4) is 0 Å². The predicted molar refractivity (Wildman–Crippen MR) is 79.7 cm³/mol. The third kappa shape index (κ3) is 3.42. The second kappa shape index (κ2) is 6.29. The lowest BCUT2D eigenvalue weighted by Gasteiger charge is -2.06. The summed E-state index contributed by atoms with van der Waals surface area (Å²) in [4.78, 5) is 12.2. The third-order valence-electron chi connectivity index (χ3n) is 2.55. The van der Waals surface area contributed by atoms with Crippen LogP contribution in [-0.4, -0.2) is 20.7 Å². The van der Waals surface area contributed by atoms with Crippen LogP contribution in [0.4, 0.5) is 5.13 Å². The first-order valence-corrected chi connectivity index (χ1v) is 7.74. The van der Waals surface area contributed by atoms with Gasteiger partial charge in [0.15, 0.2) is 0 Å². The topological polar surface area (TPSA) is 59.8 Å². The van der Waals surface area contributed by atoms with Gasteiger partial charge in [-0.2, -0.15) is 0 Å². The van der Waals surface area contributed by atoms with Crippen molar-refractivity contribution in [2.45, 2.75) is 33.2 Å². The molecular weight excluding hydrogens is 328 g/mol. The van der Waals surface area contributed by atoms with Crippen molar-refractivity contribution in [2.75, 3.05) is 5.32 Å². The van der Waals surface area contributed by atoms with E-state index in [1.54, 1.807) is 0 Å². The second-order valence-corrected chi connectivity index (χ2v) is 6.02. The first kappa shape index (κ1) is 14.2.